The Morgan fingerprint density at radius 1 is 1.04 bits per heavy atom. The summed E-state index contributed by atoms with van der Waals surface area (Å²) in [5.74, 6) is -1.27. The molecule has 2 rings (SSSR count). The second-order valence-electron chi connectivity index (χ2n) is 6.73. The molecule has 2 N–H and O–H groups in total. The minimum absolute atomic E-state index is 0.0234. The standard InChI is InChI=1S/C20H24N2O5S/c1-12-10-13(2)18(14(3)11-12)21-19(23)15(4)27-20(24)16-8-6-7-9-17(16)22-28(5,25)26/h6-11,15,22H,1-5H3,(H,21,23). The molecule has 0 aliphatic rings. The van der Waals surface area contributed by atoms with Crippen LogP contribution in [0.1, 0.15) is 34.0 Å². The molecule has 0 saturated heterocycles. The van der Waals surface area contributed by atoms with Crippen LogP contribution in [0.2, 0.25) is 0 Å². The molecule has 7 nitrogen and oxygen atoms in total. The van der Waals surface area contributed by atoms with E-state index in [-0.39, 0.29) is 11.3 Å². The van der Waals surface area contributed by atoms with Gasteiger partial charge in [0.1, 0.15) is 0 Å². The first-order chi connectivity index (χ1) is 13.0. The number of anilines is 2. The lowest BCUT2D eigenvalue weighted by Crippen LogP contribution is -2.30. The molecule has 1 atom stereocenters. The van der Waals surface area contributed by atoms with E-state index in [1.807, 2.05) is 32.9 Å². The topological polar surface area (TPSA) is 102 Å². The van der Waals surface area contributed by atoms with Gasteiger partial charge in [-0.1, -0.05) is 29.8 Å². The number of hydrogen-bond acceptors (Lipinski definition) is 5. The van der Waals surface area contributed by atoms with Gasteiger partial charge in [0.15, 0.2) is 6.10 Å². The maximum Gasteiger partial charge on any atom is 0.341 e. The van der Waals surface area contributed by atoms with Gasteiger partial charge < -0.3 is 10.1 Å². The van der Waals surface area contributed by atoms with Crippen molar-refractivity contribution in [1.29, 1.82) is 0 Å². The minimum atomic E-state index is -3.57. The highest BCUT2D eigenvalue weighted by Gasteiger charge is 2.22. The third kappa shape index (κ3) is 5.56. The fourth-order valence-electron chi connectivity index (χ4n) is 2.83. The zero-order chi connectivity index (χ0) is 21.1. The van der Waals surface area contributed by atoms with Gasteiger partial charge in [-0.3, -0.25) is 9.52 Å². The highest BCUT2D eigenvalue weighted by atomic mass is 32.2. The summed E-state index contributed by atoms with van der Waals surface area (Å²) in [5, 5.41) is 2.79. The Bertz CT molecular complexity index is 992. The van der Waals surface area contributed by atoms with E-state index in [9.17, 15) is 18.0 Å². The predicted octanol–water partition coefficient (Wildman–Crippen LogP) is 3.17. The zero-order valence-electron chi connectivity index (χ0n) is 16.5. The average molecular weight is 404 g/mol. The van der Waals surface area contributed by atoms with Crippen LogP contribution in [0.4, 0.5) is 11.4 Å². The number of nitrogens with one attached hydrogen (secondary N) is 2. The van der Waals surface area contributed by atoms with E-state index >= 15 is 0 Å². The van der Waals surface area contributed by atoms with Crippen LogP contribution in [-0.4, -0.2) is 32.7 Å². The Kier molecular flexibility index (Phi) is 6.45. The Morgan fingerprint density at radius 3 is 2.18 bits per heavy atom. The number of hydrogen-bond donors (Lipinski definition) is 2. The molecule has 2 aromatic rings. The molecule has 1 amide bonds. The van der Waals surface area contributed by atoms with Crippen molar-refractivity contribution in [3.8, 4) is 0 Å². The highest BCUT2D eigenvalue weighted by molar-refractivity contribution is 7.92. The van der Waals surface area contributed by atoms with E-state index in [1.165, 1.54) is 19.1 Å². The van der Waals surface area contributed by atoms with E-state index in [4.69, 9.17) is 4.74 Å². The number of benzene rings is 2. The third-order valence-corrected chi connectivity index (χ3v) is 4.61. The molecule has 0 heterocycles. The molecule has 1 unspecified atom stereocenters. The molecule has 0 radical (unpaired) electrons. The van der Waals surface area contributed by atoms with Gasteiger partial charge in [-0.2, -0.15) is 0 Å². The molecule has 0 bridgehead atoms. The first kappa shape index (κ1) is 21.4. The van der Waals surface area contributed by atoms with E-state index in [0.717, 1.165) is 22.9 Å². The van der Waals surface area contributed by atoms with Crippen molar-refractivity contribution in [2.75, 3.05) is 16.3 Å². The van der Waals surface area contributed by atoms with Gasteiger partial charge in [-0.05, 0) is 51.0 Å². The van der Waals surface area contributed by atoms with E-state index in [1.54, 1.807) is 12.1 Å². The normalized spacial score (nSPS) is 12.2. The third-order valence-electron chi connectivity index (χ3n) is 4.02. The number of ether oxygens (including phenoxy) is 1. The van der Waals surface area contributed by atoms with Crippen molar-refractivity contribution < 1.29 is 22.7 Å². The van der Waals surface area contributed by atoms with Crippen molar-refractivity contribution in [2.45, 2.75) is 33.8 Å². The summed E-state index contributed by atoms with van der Waals surface area (Å²) >= 11 is 0. The van der Waals surface area contributed by atoms with Gasteiger partial charge >= 0.3 is 5.97 Å². The van der Waals surface area contributed by atoms with Crippen LogP contribution in [0.25, 0.3) is 0 Å². The number of aryl methyl sites for hydroxylation is 3. The van der Waals surface area contributed by atoms with Crippen LogP contribution in [0.5, 0.6) is 0 Å². The largest absolute Gasteiger partial charge is 0.449 e. The Balaban J connectivity index is 2.14. The molecule has 0 spiro atoms. The molecule has 28 heavy (non-hydrogen) atoms. The average Bonchev–Trinajstić information content (AvgIpc) is 2.56. The van der Waals surface area contributed by atoms with Gasteiger partial charge in [0.05, 0.1) is 17.5 Å². The van der Waals surface area contributed by atoms with Crippen LogP contribution in [0, 0.1) is 20.8 Å². The summed E-state index contributed by atoms with van der Waals surface area (Å²) < 4.78 is 30.4. The zero-order valence-corrected chi connectivity index (χ0v) is 17.3. The summed E-state index contributed by atoms with van der Waals surface area (Å²) in [6.07, 6.45) is -0.0869. The Morgan fingerprint density at radius 2 is 1.61 bits per heavy atom. The molecule has 0 saturated carbocycles. The lowest BCUT2D eigenvalue weighted by Gasteiger charge is -2.17. The lowest BCUT2D eigenvalue weighted by molar-refractivity contribution is -0.123. The highest BCUT2D eigenvalue weighted by Crippen LogP contribution is 2.23. The minimum Gasteiger partial charge on any atom is -0.449 e. The van der Waals surface area contributed by atoms with Gasteiger partial charge in [0.2, 0.25) is 10.0 Å². The first-order valence-electron chi connectivity index (χ1n) is 8.64. The van der Waals surface area contributed by atoms with Crippen molar-refractivity contribution >= 4 is 33.3 Å². The molecule has 0 aliphatic heterocycles. The fourth-order valence-corrected chi connectivity index (χ4v) is 3.41. The van der Waals surface area contributed by atoms with Gasteiger partial charge in [-0.15, -0.1) is 0 Å². The molecule has 8 heteroatoms. The summed E-state index contributed by atoms with van der Waals surface area (Å²) in [6, 6.07) is 9.94. The van der Waals surface area contributed by atoms with Crippen LogP contribution in [-0.2, 0) is 19.6 Å². The monoisotopic (exact) mass is 404 g/mol. The number of sulfonamides is 1. The first-order valence-corrected chi connectivity index (χ1v) is 10.5. The number of para-hydroxylation sites is 1. The number of carbonyl (C=O) groups excluding carboxylic acids is 2. The lowest BCUT2D eigenvalue weighted by atomic mass is 10.0. The molecule has 0 fully saturated rings. The maximum absolute atomic E-state index is 12.5. The van der Waals surface area contributed by atoms with E-state index in [2.05, 4.69) is 10.0 Å². The number of rotatable bonds is 6. The van der Waals surface area contributed by atoms with Gasteiger partial charge in [0.25, 0.3) is 5.91 Å². The summed E-state index contributed by atoms with van der Waals surface area (Å²) in [7, 11) is -3.57. The SMILES string of the molecule is Cc1cc(C)c(NC(=O)C(C)OC(=O)c2ccccc2NS(C)(=O)=O)c(C)c1. The van der Waals surface area contributed by atoms with Crippen LogP contribution in [0.15, 0.2) is 36.4 Å². The van der Waals surface area contributed by atoms with Crippen LogP contribution < -0.4 is 10.0 Å². The van der Waals surface area contributed by atoms with Gasteiger partial charge in [-0.25, -0.2) is 13.2 Å². The van der Waals surface area contributed by atoms with Crippen LogP contribution in [0.3, 0.4) is 0 Å². The smallest absolute Gasteiger partial charge is 0.341 e. The number of carbonyl (C=O) groups is 2. The summed E-state index contributed by atoms with van der Waals surface area (Å²) in [4.78, 5) is 24.9. The van der Waals surface area contributed by atoms with E-state index in [0.29, 0.717) is 5.69 Å². The van der Waals surface area contributed by atoms with E-state index < -0.39 is 28.0 Å². The second kappa shape index (κ2) is 8.43. The Hall–Kier alpha value is -2.87. The van der Waals surface area contributed by atoms with Crippen LogP contribution >= 0.6 is 0 Å². The van der Waals surface area contributed by atoms with Crippen molar-refractivity contribution in [1.82, 2.24) is 0 Å². The van der Waals surface area contributed by atoms with Crippen molar-refractivity contribution in [2.24, 2.45) is 0 Å². The summed E-state index contributed by atoms with van der Waals surface area (Å²) in [6.45, 7) is 7.20. The quantitative estimate of drug-likeness (QED) is 0.720. The number of amides is 1. The molecule has 0 aliphatic carbocycles. The molecule has 2 aromatic carbocycles. The molecular weight excluding hydrogens is 380 g/mol. The molecular formula is C20H24N2O5S. The fraction of sp³-hybridized carbons (Fsp3) is 0.300. The van der Waals surface area contributed by atoms with Crippen molar-refractivity contribution in [3.05, 3.63) is 58.7 Å². The van der Waals surface area contributed by atoms with Gasteiger partial charge in [0, 0.05) is 5.69 Å². The number of esters is 1. The second-order valence-corrected chi connectivity index (χ2v) is 8.48. The Labute approximate surface area is 165 Å². The van der Waals surface area contributed by atoms with Crippen molar-refractivity contribution in [3.63, 3.8) is 0 Å². The summed E-state index contributed by atoms with van der Waals surface area (Å²) in [5.41, 5.74) is 3.70. The predicted molar refractivity (Wildman–Crippen MR) is 109 cm³/mol. The maximum atomic E-state index is 12.5. The molecule has 150 valence electrons. The molecule has 0 aromatic heterocycles.